The molecule has 0 saturated carbocycles. The van der Waals surface area contributed by atoms with Gasteiger partial charge in [0.1, 0.15) is 5.75 Å². The Morgan fingerprint density at radius 2 is 2.05 bits per heavy atom. The summed E-state index contributed by atoms with van der Waals surface area (Å²) in [5, 5.41) is 11.9. The predicted molar refractivity (Wildman–Crippen MR) is 72.4 cm³/mol. The van der Waals surface area contributed by atoms with Crippen LogP contribution in [0.1, 0.15) is 6.92 Å². The minimum absolute atomic E-state index is 0.253. The van der Waals surface area contributed by atoms with E-state index in [1.165, 1.54) is 6.39 Å². The molecule has 0 atom stereocenters. The van der Waals surface area contributed by atoms with Crippen molar-refractivity contribution in [3.8, 4) is 17.2 Å². The summed E-state index contributed by atoms with van der Waals surface area (Å²) in [6, 6.07) is 6.24. The van der Waals surface area contributed by atoms with Crippen molar-refractivity contribution in [1.29, 1.82) is 0 Å². The number of nitrogens with zero attached hydrogens (tertiary/aromatic N) is 2. The normalized spacial score (nSPS) is 9.95. The maximum atomic E-state index is 11.4. The van der Waals surface area contributed by atoms with Gasteiger partial charge in [0.05, 0.1) is 0 Å². The average Bonchev–Trinajstić information content (AvgIpc) is 3.00. The van der Waals surface area contributed by atoms with E-state index in [0.29, 0.717) is 18.2 Å². The molecule has 0 aliphatic carbocycles. The molecule has 0 fully saturated rings. The van der Waals surface area contributed by atoms with Crippen molar-refractivity contribution in [1.82, 2.24) is 20.8 Å². The van der Waals surface area contributed by atoms with Crippen LogP contribution in [-0.4, -0.2) is 35.3 Å². The van der Waals surface area contributed by atoms with Crippen LogP contribution in [0.15, 0.2) is 35.1 Å². The summed E-state index contributed by atoms with van der Waals surface area (Å²) in [5.41, 5.74) is 0.742. The molecule has 3 amide bonds. The van der Waals surface area contributed by atoms with Gasteiger partial charge in [-0.05, 0) is 31.2 Å². The van der Waals surface area contributed by atoms with Gasteiger partial charge in [0.25, 0.3) is 5.91 Å². The zero-order valence-electron chi connectivity index (χ0n) is 11.3. The van der Waals surface area contributed by atoms with Crippen LogP contribution in [0.3, 0.4) is 0 Å². The molecule has 0 radical (unpaired) electrons. The topological polar surface area (TPSA) is 106 Å². The molecule has 0 aliphatic rings. The van der Waals surface area contributed by atoms with Crippen LogP contribution in [-0.2, 0) is 4.79 Å². The second-order valence-electron chi connectivity index (χ2n) is 3.96. The largest absolute Gasteiger partial charge is 0.484 e. The molecule has 8 nitrogen and oxygen atoms in total. The first-order valence-electron chi connectivity index (χ1n) is 6.26. The highest BCUT2D eigenvalue weighted by Crippen LogP contribution is 2.19. The summed E-state index contributed by atoms with van der Waals surface area (Å²) >= 11 is 0. The fraction of sp³-hybridized carbons (Fsp3) is 0.231. The molecular formula is C13H14N4O4. The SMILES string of the molecule is CCNC(=O)NC(=O)COc1ccc(-c2nnco2)cc1. The highest BCUT2D eigenvalue weighted by atomic mass is 16.5. The highest BCUT2D eigenvalue weighted by molar-refractivity contribution is 5.94. The Morgan fingerprint density at radius 1 is 1.29 bits per heavy atom. The minimum Gasteiger partial charge on any atom is -0.484 e. The molecule has 1 aromatic heterocycles. The molecule has 8 heteroatoms. The molecule has 0 spiro atoms. The number of imide groups is 1. The molecule has 0 aliphatic heterocycles. The highest BCUT2D eigenvalue weighted by Gasteiger charge is 2.08. The maximum Gasteiger partial charge on any atom is 0.321 e. The van der Waals surface area contributed by atoms with E-state index >= 15 is 0 Å². The van der Waals surface area contributed by atoms with E-state index in [1.54, 1.807) is 31.2 Å². The van der Waals surface area contributed by atoms with Gasteiger partial charge >= 0.3 is 6.03 Å². The minimum atomic E-state index is -0.544. The summed E-state index contributed by atoms with van der Waals surface area (Å²) in [7, 11) is 0. The lowest BCUT2D eigenvalue weighted by molar-refractivity contribution is -0.122. The van der Waals surface area contributed by atoms with E-state index in [4.69, 9.17) is 9.15 Å². The van der Waals surface area contributed by atoms with E-state index in [-0.39, 0.29) is 6.61 Å². The van der Waals surface area contributed by atoms with Gasteiger partial charge in [0, 0.05) is 12.1 Å². The summed E-state index contributed by atoms with van der Waals surface area (Å²) in [4.78, 5) is 22.5. The van der Waals surface area contributed by atoms with Crippen LogP contribution in [0, 0.1) is 0 Å². The van der Waals surface area contributed by atoms with E-state index < -0.39 is 11.9 Å². The Labute approximate surface area is 120 Å². The number of carbonyl (C=O) groups excluding carboxylic acids is 2. The Balaban J connectivity index is 1.84. The third-order valence-electron chi connectivity index (χ3n) is 2.42. The van der Waals surface area contributed by atoms with Gasteiger partial charge in [0.2, 0.25) is 12.3 Å². The number of benzene rings is 1. The first-order valence-corrected chi connectivity index (χ1v) is 6.26. The first-order chi connectivity index (χ1) is 10.2. The van der Waals surface area contributed by atoms with Gasteiger partial charge in [-0.3, -0.25) is 10.1 Å². The summed E-state index contributed by atoms with van der Waals surface area (Å²) in [6.45, 7) is 1.94. The molecule has 1 heterocycles. The smallest absolute Gasteiger partial charge is 0.321 e. The zero-order chi connectivity index (χ0) is 15.1. The quantitative estimate of drug-likeness (QED) is 0.849. The van der Waals surface area contributed by atoms with Gasteiger partial charge in [-0.2, -0.15) is 0 Å². The molecule has 2 aromatic rings. The molecule has 110 valence electrons. The van der Waals surface area contributed by atoms with E-state index in [1.807, 2.05) is 0 Å². The number of amides is 3. The molecular weight excluding hydrogens is 276 g/mol. The van der Waals surface area contributed by atoms with Gasteiger partial charge in [-0.1, -0.05) is 0 Å². The lowest BCUT2D eigenvalue weighted by Crippen LogP contribution is -2.41. The third kappa shape index (κ3) is 4.30. The van der Waals surface area contributed by atoms with Crippen molar-refractivity contribution < 1.29 is 18.7 Å². The van der Waals surface area contributed by atoms with Crippen molar-refractivity contribution in [2.75, 3.05) is 13.2 Å². The van der Waals surface area contributed by atoms with Crippen molar-refractivity contribution in [3.05, 3.63) is 30.7 Å². The van der Waals surface area contributed by atoms with Crippen molar-refractivity contribution >= 4 is 11.9 Å². The van der Waals surface area contributed by atoms with Crippen molar-refractivity contribution in [2.45, 2.75) is 6.92 Å². The number of nitrogens with one attached hydrogen (secondary N) is 2. The molecule has 0 bridgehead atoms. The maximum absolute atomic E-state index is 11.4. The Morgan fingerprint density at radius 3 is 2.67 bits per heavy atom. The summed E-state index contributed by atoms with van der Waals surface area (Å²) in [6.07, 6.45) is 1.24. The van der Waals surface area contributed by atoms with Crippen LogP contribution in [0.2, 0.25) is 0 Å². The Hall–Kier alpha value is -2.90. The zero-order valence-corrected chi connectivity index (χ0v) is 11.3. The first kappa shape index (κ1) is 14.5. The van der Waals surface area contributed by atoms with E-state index in [2.05, 4.69) is 20.8 Å². The monoisotopic (exact) mass is 290 g/mol. The lowest BCUT2D eigenvalue weighted by Gasteiger charge is -2.07. The van der Waals surface area contributed by atoms with Crippen LogP contribution in [0.5, 0.6) is 5.75 Å². The number of aromatic nitrogens is 2. The number of hydrogen-bond acceptors (Lipinski definition) is 6. The number of urea groups is 1. The van der Waals surface area contributed by atoms with Crippen molar-refractivity contribution in [2.24, 2.45) is 0 Å². The third-order valence-corrected chi connectivity index (χ3v) is 2.42. The standard InChI is InChI=1S/C13H14N4O4/c1-2-14-13(19)16-11(18)7-20-10-5-3-9(4-6-10)12-17-15-8-21-12/h3-6,8H,2,7H2,1H3,(H2,14,16,18,19). The van der Waals surface area contributed by atoms with Crippen LogP contribution in [0.4, 0.5) is 4.79 Å². The molecule has 2 rings (SSSR count). The fourth-order valence-electron chi connectivity index (χ4n) is 1.51. The second-order valence-corrected chi connectivity index (χ2v) is 3.96. The van der Waals surface area contributed by atoms with Gasteiger partial charge < -0.3 is 14.5 Å². The predicted octanol–water partition coefficient (Wildman–Crippen LogP) is 0.961. The van der Waals surface area contributed by atoms with Gasteiger partial charge in [0.15, 0.2) is 6.61 Å². The Kier molecular flexibility index (Phi) is 4.86. The number of ether oxygens (including phenoxy) is 1. The van der Waals surface area contributed by atoms with E-state index in [0.717, 1.165) is 5.56 Å². The van der Waals surface area contributed by atoms with Crippen molar-refractivity contribution in [3.63, 3.8) is 0 Å². The van der Waals surface area contributed by atoms with Gasteiger partial charge in [-0.15, -0.1) is 10.2 Å². The molecule has 21 heavy (non-hydrogen) atoms. The summed E-state index contributed by atoms with van der Waals surface area (Å²) in [5.74, 6) is 0.363. The van der Waals surface area contributed by atoms with Gasteiger partial charge in [-0.25, -0.2) is 4.79 Å². The molecule has 0 saturated heterocycles. The fourth-order valence-corrected chi connectivity index (χ4v) is 1.51. The van der Waals surface area contributed by atoms with Crippen LogP contribution >= 0.6 is 0 Å². The van der Waals surface area contributed by atoms with E-state index in [9.17, 15) is 9.59 Å². The molecule has 1 aromatic carbocycles. The summed E-state index contributed by atoms with van der Waals surface area (Å²) < 4.78 is 10.3. The number of rotatable bonds is 5. The molecule has 0 unspecified atom stereocenters. The number of carbonyl (C=O) groups is 2. The lowest BCUT2D eigenvalue weighted by atomic mass is 10.2. The second kappa shape index (κ2) is 7.04. The number of hydrogen-bond donors (Lipinski definition) is 2. The average molecular weight is 290 g/mol. The van der Waals surface area contributed by atoms with Crippen LogP contribution < -0.4 is 15.4 Å². The van der Waals surface area contributed by atoms with Crippen LogP contribution in [0.25, 0.3) is 11.5 Å². The Bertz CT molecular complexity index is 595. The molecule has 2 N–H and O–H groups in total.